The first-order valence-corrected chi connectivity index (χ1v) is 10.5. The topological polar surface area (TPSA) is 105 Å². The molecule has 1 aliphatic rings. The average molecular weight is 397 g/mol. The number of hydrogen-bond donors (Lipinski definition) is 3. The molecular weight excluding hydrogens is 368 g/mol. The Morgan fingerprint density at radius 3 is 2.63 bits per heavy atom. The van der Waals surface area contributed by atoms with Crippen LogP contribution in [0.5, 0.6) is 5.75 Å². The second-order valence-electron chi connectivity index (χ2n) is 7.53. The van der Waals surface area contributed by atoms with Gasteiger partial charge in [0, 0.05) is 24.2 Å². The summed E-state index contributed by atoms with van der Waals surface area (Å²) >= 11 is 0. The van der Waals surface area contributed by atoms with Gasteiger partial charge in [-0.05, 0) is 70.4 Å². The molecule has 1 aromatic carbocycles. The number of amides is 1. The van der Waals surface area contributed by atoms with Crippen LogP contribution in [0.1, 0.15) is 51.2 Å². The summed E-state index contributed by atoms with van der Waals surface area (Å²) in [4.78, 5) is 12.2. The molecule has 1 unspecified atom stereocenters. The summed E-state index contributed by atoms with van der Waals surface area (Å²) in [5.41, 5.74) is 2.38. The molecule has 0 fully saturated rings. The minimum Gasteiger partial charge on any atom is -0.461 e. The van der Waals surface area contributed by atoms with E-state index in [0.717, 1.165) is 11.1 Å². The average Bonchev–Trinajstić information content (AvgIpc) is 2.56. The van der Waals surface area contributed by atoms with E-state index in [4.69, 9.17) is 4.74 Å². The summed E-state index contributed by atoms with van der Waals surface area (Å²) in [6.45, 7) is 7.12. The van der Waals surface area contributed by atoms with Crippen LogP contribution in [-0.4, -0.2) is 37.0 Å². The normalized spacial score (nSPS) is 16.6. The van der Waals surface area contributed by atoms with Gasteiger partial charge in [0.25, 0.3) is 0 Å². The van der Waals surface area contributed by atoms with Crippen molar-refractivity contribution in [3.8, 4) is 5.75 Å². The Kier molecular flexibility index (Phi) is 6.67. The highest BCUT2D eigenvalue weighted by molar-refractivity contribution is 7.90. The minimum absolute atomic E-state index is 0.127. The Bertz CT molecular complexity index is 825. The number of aliphatic hydroxyl groups excluding tert-OH is 1. The first-order valence-electron chi connectivity index (χ1n) is 8.97. The van der Waals surface area contributed by atoms with Gasteiger partial charge in [0.2, 0.25) is 22.2 Å². The van der Waals surface area contributed by atoms with Crippen LogP contribution in [0.25, 0.3) is 6.08 Å². The van der Waals surface area contributed by atoms with E-state index >= 15 is 0 Å². The van der Waals surface area contributed by atoms with Crippen LogP contribution in [-0.2, 0) is 14.8 Å². The fraction of sp³-hybridized carbons (Fsp3) is 0.526. The summed E-state index contributed by atoms with van der Waals surface area (Å²) in [7, 11) is -3.35. The van der Waals surface area contributed by atoms with Gasteiger partial charge in [-0.1, -0.05) is 0 Å². The number of hydrogen-bond acceptors (Lipinski definition) is 5. The fourth-order valence-electron chi connectivity index (χ4n) is 2.54. The van der Waals surface area contributed by atoms with Gasteiger partial charge in [-0.25, -0.2) is 13.1 Å². The van der Waals surface area contributed by atoms with Crippen molar-refractivity contribution in [3.05, 3.63) is 29.3 Å². The quantitative estimate of drug-likeness (QED) is 0.615. The van der Waals surface area contributed by atoms with Crippen LogP contribution in [0.15, 0.2) is 18.2 Å². The molecule has 1 heterocycles. The molecule has 0 radical (unpaired) electrons. The summed E-state index contributed by atoms with van der Waals surface area (Å²) in [5.74, 6) is 0.448. The van der Waals surface area contributed by atoms with Crippen LogP contribution in [0.3, 0.4) is 0 Å². The molecule has 1 aliphatic heterocycles. The summed E-state index contributed by atoms with van der Waals surface area (Å²) in [6, 6.07) is 3.46. The van der Waals surface area contributed by atoms with E-state index in [2.05, 4.69) is 10.0 Å². The van der Waals surface area contributed by atoms with Crippen molar-refractivity contribution in [2.24, 2.45) is 0 Å². The SMILES string of the molecule is Cc1c(NC(=O)CCCCNS(=O)(=O)C(C)(C)C)ccc2c1C=CC(O)O2. The number of fused-ring (bicyclic) bond motifs is 1. The van der Waals surface area contributed by atoms with Crippen molar-refractivity contribution in [3.63, 3.8) is 0 Å². The van der Waals surface area contributed by atoms with Crippen molar-refractivity contribution in [1.29, 1.82) is 0 Å². The highest BCUT2D eigenvalue weighted by Crippen LogP contribution is 2.32. The molecule has 27 heavy (non-hydrogen) atoms. The first-order chi connectivity index (χ1) is 12.5. The van der Waals surface area contributed by atoms with Crippen molar-refractivity contribution < 1.29 is 23.1 Å². The monoisotopic (exact) mass is 396 g/mol. The third kappa shape index (κ3) is 5.54. The maximum Gasteiger partial charge on any atom is 0.224 e. The first kappa shape index (κ1) is 21.4. The molecule has 0 spiro atoms. The third-order valence-corrected chi connectivity index (χ3v) is 6.55. The van der Waals surface area contributed by atoms with Gasteiger partial charge in [-0.15, -0.1) is 0 Å². The predicted molar refractivity (Wildman–Crippen MR) is 106 cm³/mol. The van der Waals surface area contributed by atoms with Crippen LogP contribution < -0.4 is 14.8 Å². The largest absolute Gasteiger partial charge is 0.461 e. The van der Waals surface area contributed by atoms with E-state index in [-0.39, 0.29) is 5.91 Å². The summed E-state index contributed by atoms with van der Waals surface area (Å²) < 4.78 is 30.9. The van der Waals surface area contributed by atoms with Gasteiger partial charge >= 0.3 is 0 Å². The number of unbranched alkanes of at least 4 members (excludes halogenated alkanes) is 1. The summed E-state index contributed by atoms with van der Waals surface area (Å²) in [6.07, 6.45) is 3.83. The van der Waals surface area contributed by atoms with Gasteiger partial charge in [0.15, 0.2) is 0 Å². The maximum atomic E-state index is 12.2. The smallest absolute Gasteiger partial charge is 0.224 e. The number of ether oxygens (including phenoxy) is 1. The molecule has 0 saturated carbocycles. The second kappa shape index (κ2) is 8.41. The molecule has 1 atom stereocenters. The van der Waals surface area contributed by atoms with Gasteiger partial charge in [0.05, 0.1) is 4.75 Å². The van der Waals surface area contributed by atoms with Crippen molar-refractivity contribution in [1.82, 2.24) is 4.72 Å². The van der Waals surface area contributed by atoms with E-state index in [1.165, 1.54) is 0 Å². The third-order valence-electron chi connectivity index (χ3n) is 4.35. The molecule has 0 aromatic heterocycles. The Morgan fingerprint density at radius 1 is 1.26 bits per heavy atom. The Hall–Kier alpha value is -1.90. The Morgan fingerprint density at radius 2 is 1.96 bits per heavy atom. The maximum absolute atomic E-state index is 12.2. The molecule has 150 valence electrons. The van der Waals surface area contributed by atoms with Gasteiger partial charge in [-0.3, -0.25) is 4.79 Å². The number of carbonyl (C=O) groups excluding carboxylic acids is 1. The molecule has 8 heteroatoms. The molecule has 3 N–H and O–H groups in total. The molecular formula is C19H28N2O5S. The lowest BCUT2D eigenvalue weighted by Crippen LogP contribution is -2.39. The van der Waals surface area contributed by atoms with Gasteiger partial charge < -0.3 is 15.2 Å². The van der Waals surface area contributed by atoms with Crippen LogP contribution in [0, 0.1) is 6.92 Å². The van der Waals surface area contributed by atoms with Crippen molar-refractivity contribution in [2.45, 2.75) is 58.0 Å². The molecule has 0 bridgehead atoms. The molecule has 2 rings (SSSR count). The number of sulfonamides is 1. The van der Waals surface area contributed by atoms with E-state index in [9.17, 15) is 18.3 Å². The molecule has 0 saturated heterocycles. The zero-order valence-corrected chi connectivity index (χ0v) is 17.0. The van der Waals surface area contributed by atoms with E-state index in [1.54, 1.807) is 45.1 Å². The lowest BCUT2D eigenvalue weighted by atomic mass is 10.0. The van der Waals surface area contributed by atoms with Crippen molar-refractivity contribution >= 4 is 27.7 Å². The number of anilines is 1. The Labute approximate surface area is 160 Å². The van der Waals surface area contributed by atoms with Crippen LogP contribution in [0.2, 0.25) is 0 Å². The van der Waals surface area contributed by atoms with Gasteiger partial charge in [0.1, 0.15) is 5.75 Å². The number of rotatable bonds is 7. The Balaban J connectivity index is 1.82. The summed E-state index contributed by atoms with van der Waals surface area (Å²) in [5, 5.41) is 12.3. The highest BCUT2D eigenvalue weighted by Gasteiger charge is 2.28. The fourth-order valence-corrected chi connectivity index (χ4v) is 3.39. The van der Waals surface area contributed by atoms with Gasteiger partial charge in [-0.2, -0.15) is 0 Å². The van der Waals surface area contributed by atoms with Crippen LogP contribution >= 0.6 is 0 Å². The molecule has 1 amide bonds. The highest BCUT2D eigenvalue weighted by atomic mass is 32.2. The number of nitrogens with one attached hydrogen (secondary N) is 2. The number of aliphatic hydroxyl groups is 1. The standard InChI is InChI=1S/C19H28N2O5S/c1-13-14-8-11-18(23)26-16(14)10-9-15(13)21-17(22)7-5-6-12-20-27(24,25)19(2,3)4/h8-11,18,20,23H,5-7,12H2,1-4H3,(H,21,22). The lowest BCUT2D eigenvalue weighted by Gasteiger charge is -2.20. The van der Waals surface area contributed by atoms with Crippen molar-refractivity contribution in [2.75, 3.05) is 11.9 Å². The zero-order valence-electron chi connectivity index (χ0n) is 16.2. The van der Waals surface area contributed by atoms with E-state index in [0.29, 0.717) is 37.2 Å². The van der Waals surface area contributed by atoms with E-state index < -0.39 is 21.1 Å². The zero-order chi connectivity index (χ0) is 20.2. The predicted octanol–water partition coefficient (Wildman–Crippen LogP) is 2.55. The number of benzene rings is 1. The minimum atomic E-state index is -3.35. The van der Waals surface area contributed by atoms with E-state index in [1.807, 2.05) is 6.92 Å². The second-order valence-corrected chi connectivity index (χ2v) is 10.1. The molecule has 0 aliphatic carbocycles. The molecule has 7 nitrogen and oxygen atoms in total. The lowest BCUT2D eigenvalue weighted by molar-refractivity contribution is -0.116. The van der Waals surface area contributed by atoms with Crippen LogP contribution in [0.4, 0.5) is 5.69 Å². The number of carbonyl (C=O) groups is 1. The molecule has 1 aromatic rings.